The van der Waals surface area contributed by atoms with Gasteiger partial charge in [0.2, 0.25) is 17.7 Å². The first-order valence-electron chi connectivity index (χ1n) is 12.1. The minimum Gasteiger partial charge on any atom is -0.492 e. The largest absolute Gasteiger partial charge is 0.492 e. The van der Waals surface area contributed by atoms with E-state index >= 15 is 0 Å². The van der Waals surface area contributed by atoms with Crippen LogP contribution in [0.1, 0.15) is 30.1 Å². The Morgan fingerprint density at radius 2 is 1.92 bits per heavy atom. The summed E-state index contributed by atoms with van der Waals surface area (Å²) >= 11 is 0. The lowest BCUT2D eigenvalue weighted by Crippen LogP contribution is -2.48. The highest BCUT2D eigenvalue weighted by Gasteiger charge is 2.25. The number of nitrogens with one attached hydrogen (secondary N) is 3. The minimum absolute atomic E-state index is 0.0242. The summed E-state index contributed by atoms with van der Waals surface area (Å²) in [5, 5.41) is 8.10. The molecule has 4 amide bonds. The Kier molecular flexibility index (Phi) is 10.2. The third-order valence-electron chi connectivity index (χ3n) is 5.63. The number of hydrogen-bond acceptors (Lipinski definition) is 6. The van der Waals surface area contributed by atoms with Crippen molar-refractivity contribution < 1.29 is 33.0 Å². The van der Waals surface area contributed by atoms with Gasteiger partial charge in [0.25, 0.3) is 5.91 Å². The molecule has 3 N–H and O–H groups in total. The van der Waals surface area contributed by atoms with Gasteiger partial charge in [0.1, 0.15) is 36.6 Å². The molecule has 10 nitrogen and oxygen atoms in total. The lowest BCUT2D eigenvalue weighted by atomic mass is 10.1. The standard InChI is InChI=1S/C26H31FN4O6/c1-2-31-17-23(32)28-13-16-37-22-6-4-3-5-20(22)25(34)30-21(11-12-24(31)33)26(35)29-14-15-36-19-9-7-18(27)8-10-19/h3-10,21H,2,11-17H2,1H3,(H,28,32)(H,29,35)(H,30,34)/t21-/m0/s1. The Balaban J connectivity index is 1.70. The molecule has 0 aliphatic carbocycles. The fourth-order valence-electron chi connectivity index (χ4n) is 3.66. The van der Waals surface area contributed by atoms with Crippen LogP contribution in [0.15, 0.2) is 48.5 Å². The molecule has 37 heavy (non-hydrogen) atoms. The monoisotopic (exact) mass is 514 g/mol. The highest BCUT2D eigenvalue weighted by Crippen LogP contribution is 2.18. The van der Waals surface area contributed by atoms with E-state index in [9.17, 15) is 23.6 Å². The number of carbonyl (C=O) groups is 4. The average molecular weight is 515 g/mol. The molecule has 0 bridgehead atoms. The number of fused-ring (bicyclic) bond motifs is 1. The number of halogens is 1. The Bertz CT molecular complexity index is 1090. The van der Waals surface area contributed by atoms with E-state index in [-0.39, 0.29) is 68.9 Å². The number of likely N-dealkylation sites (N-methyl/N-ethyl adjacent to an activating group) is 1. The minimum atomic E-state index is -1.02. The molecule has 0 radical (unpaired) electrons. The Morgan fingerprint density at radius 3 is 2.68 bits per heavy atom. The van der Waals surface area contributed by atoms with Gasteiger partial charge in [-0.1, -0.05) is 12.1 Å². The van der Waals surface area contributed by atoms with Crippen molar-refractivity contribution in [2.45, 2.75) is 25.8 Å². The van der Waals surface area contributed by atoms with Crippen molar-refractivity contribution in [2.75, 3.05) is 39.4 Å². The highest BCUT2D eigenvalue weighted by molar-refractivity contribution is 5.99. The van der Waals surface area contributed by atoms with Crippen molar-refractivity contribution in [1.29, 1.82) is 0 Å². The number of amides is 4. The highest BCUT2D eigenvalue weighted by atomic mass is 19.1. The van der Waals surface area contributed by atoms with Gasteiger partial charge >= 0.3 is 0 Å². The van der Waals surface area contributed by atoms with Gasteiger partial charge in [-0.25, -0.2) is 4.39 Å². The van der Waals surface area contributed by atoms with Crippen LogP contribution in [0.4, 0.5) is 4.39 Å². The predicted molar refractivity (Wildman–Crippen MR) is 133 cm³/mol. The lowest BCUT2D eigenvalue weighted by Gasteiger charge is -2.22. The zero-order valence-electron chi connectivity index (χ0n) is 20.6. The second-order valence-electron chi connectivity index (χ2n) is 8.26. The molecule has 1 aliphatic rings. The summed E-state index contributed by atoms with van der Waals surface area (Å²) < 4.78 is 24.2. The van der Waals surface area contributed by atoms with Gasteiger partial charge in [0.05, 0.1) is 25.2 Å². The van der Waals surface area contributed by atoms with E-state index in [0.29, 0.717) is 18.0 Å². The van der Waals surface area contributed by atoms with E-state index in [4.69, 9.17) is 9.47 Å². The summed E-state index contributed by atoms with van der Waals surface area (Å²) in [6.45, 7) is 2.52. The van der Waals surface area contributed by atoms with Crippen molar-refractivity contribution in [3.8, 4) is 11.5 Å². The number of nitrogens with zero attached hydrogens (tertiary/aromatic N) is 1. The average Bonchev–Trinajstić information content (AvgIpc) is 2.90. The summed E-state index contributed by atoms with van der Waals surface area (Å²) in [6, 6.07) is 11.0. The number of ether oxygens (including phenoxy) is 2. The Hall–Kier alpha value is -4.15. The summed E-state index contributed by atoms with van der Waals surface area (Å²) in [5.74, 6) is -1.29. The molecular weight excluding hydrogens is 483 g/mol. The third kappa shape index (κ3) is 8.48. The van der Waals surface area contributed by atoms with Gasteiger partial charge < -0.3 is 30.3 Å². The molecule has 0 aromatic heterocycles. The first-order valence-corrected chi connectivity index (χ1v) is 12.1. The van der Waals surface area contributed by atoms with Gasteiger partial charge in [-0.2, -0.15) is 0 Å². The molecule has 1 heterocycles. The maximum Gasteiger partial charge on any atom is 0.255 e. The molecule has 3 rings (SSSR count). The first-order chi connectivity index (χ1) is 17.9. The van der Waals surface area contributed by atoms with E-state index in [1.807, 2.05) is 0 Å². The maximum absolute atomic E-state index is 13.1. The van der Waals surface area contributed by atoms with Crippen molar-refractivity contribution in [1.82, 2.24) is 20.9 Å². The molecule has 11 heteroatoms. The van der Waals surface area contributed by atoms with Crippen LogP contribution in [0.25, 0.3) is 0 Å². The van der Waals surface area contributed by atoms with E-state index in [1.54, 1.807) is 31.2 Å². The van der Waals surface area contributed by atoms with E-state index in [2.05, 4.69) is 16.0 Å². The molecule has 0 unspecified atom stereocenters. The van der Waals surface area contributed by atoms with Crippen LogP contribution in [0.2, 0.25) is 0 Å². The maximum atomic E-state index is 13.1. The molecule has 0 saturated carbocycles. The number of benzene rings is 2. The number of para-hydroxylation sites is 1. The summed E-state index contributed by atoms with van der Waals surface area (Å²) in [5.41, 5.74) is 0.225. The number of hydrogen-bond donors (Lipinski definition) is 3. The van der Waals surface area contributed by atoms with Crippen LogP contribution < -0.4 is 25.4 Å². The smallest absolute Gasteiger partial charge is 0.255 e. The molecule has 0 spiro atoms. The molecule has 198 valence electrons. The molecule has 0 fully saturated rings. The normalized spacial score (nSPS) is 17.3. The second-order valence-corrected chi connectivity index (χ2v) is 8.26. The van der Waals surface area contributed by atoms with Gasteiger partial charge in [-0.05, 0) is 49.7 Å². The zero-order valence-corrected chi connectivity index (χ0v) is 20.6. The van der Waals surface area contributed by atoms with Crippen LogP contribution in [0.5, 0.6) is 11.5 Å². The third-order valence-corrected chi connectivity index (χ3v) is 5.63. The number of rotatable bonds is 6. The Labute approximate surface area is 214 Å². The van der Waals surface area contributed by atoms with E-state index in [0.717, 1.165) is 0 Å². The summed E-state index contributed by atoms with van der Waals surface area (Å²) in [6.07, 6.45) is -0.0277. The molecular formula is C26H31FN4O6. The fraction of sp³-hybridized carbons (Fsp3) is 0.385. The van der Waals surface area contributed by atoms with Crippen molar-refractivity contribution in [2.24, 2.45) is 0 Å². The molecule has 1 atom stereocenters. The van der Waals surface area contributed by atoms with Crippen LogP contribution in [-0.4, -0.2) is 74.0 Å². The zero-order chi connectivity index (χ0) is 26.6. The first kappa shape index (κ1) is 27.4. The lowest BCUT2D eigenvalue weighted by molar-refractivity contribution is -0.136. The SMILES string of the molecule is CCN1CC(=O)NCCOc2ccccc2C(=O)N[C@H](C(=O)NCCOc2ccc(F)cc2)CCC1=O. The topological polar surface area (TPSA) is 126 Å². The van der Waals surface area contributed by atoms with Crippen LogP contribution >= 0.6 is 0 Å². The van der Waals surface area contributed by atoms with Gasteiger partial charge in [-0.15, -0.1) is 0 Å². The molecule has 1 aliphatic heterocycles. The quantitative estimate of drug-likeness (QED) is 0.499. The van der Waals surface area contributed by atoms with Crippen molar-refractivity contribution in [3.05, 3.63) is 59.9 Å². The summed E-state index contributed by atoms with van der Waals surface area (Å²) in [7, 11) is 0. The molecule has 2 aromatic carbocycles. The van der Waals surface area contributed by atoms with Crippen molar-refractivity contribution in [3.63, 3.8) is 0 Å². The second kappa shape index (κ2) is 13.8. The van der Waals surface area contributed by atoms with Gasteiger partial charge in [0.15, 0.2) is 0 Å². The van der Waals surface area contributed by atoms with Crippen molar-refractivity contribution >= 4 is 23.6 Å². The van der Waals surface area contributed by atoms with E-state index in [1.165, 1.54) is 29.2 Å². The predicted octanol–water partition coefficient (Wildman–Crippen LogP) is 1.26. The fourth-order valence-corrected chi connectivity index (χ4v) is 3.66. The summed E-state index contributed by atoms with van der Waals surface area (Å²) in [4.78, 5) is 52.4. The van der Waals surface area contributed by atoms with Crippen LogP contribution in [-0.2, 0) is 14.4 Å². The Morgan fingerprint density at radius 1 is 1.16 bits per heavy atom. The molecule has 0 saturated heterocycles. The van der Waals surface area contributed by atoms with Gasteiger partial charge in [0, 0.05) is 13.0 Å². The van der Waals surface area contributed by atoms with Gasteiger partial charge in [-0.3, -0.25) is 19.2 Å². The van der Waals surface area contributed by atoms with E-state index < -0.39 is 17.9 Å². The van der Waals surface area contributed by atoms with Crippen LogP contribution in [0.3, 0.4) is 0 Å². The van der Waals surface area contributed by atoms with Crippen LogP contribution in [0, 0.1) is 5.82 Å². The number of carbonyl (C=O) groups excluding carboxylic acids is 4. The molecule has 2 aromatic rings.